The molecule has 0 bridgehead atoms. The number of ether oxygens (including phenoxy) is 1. The molecule has 0 amide bonds. The molecule has 1 aliphatic rings. The smallest absolute Gasteiger partial charge is 0.343 e. The fraction of sp³-hybridized carbons (Fsp3) is 0.310. The Morgan fingerprint density at radius 3 is 2.41 bits per heavy atom. The second kappa shape index (κ2) is 10.3. The lowest BCUT2D eigenvalue weighted by molar-refractivity contribution is 0.0735. The van der Waals surface area contributed by atoms with Crippen LogP contribution in [-0.2, 0) is 0 Å². The van der Waals surface area contributed by atoms with Crippen LogP contribution in [0.2, 0.25) is 0 Å². The van der Waals surface area contributed by atoms with Crippen molar-refractivity contribution in [1.82, 2.24) is 0 Å². The van der Waals surface area contributed by atoms with Crippen LogP contribution in [0.1, 0.15) is 60.9 Å². The van der Waals surface area contributed by atoms with Gasteiger partial charge in [0.2, 0.25) is 0 Å². The van der Waals surface area contributed by atoms with Gasteiger partial charge in [-0.05, 0) is 66.8 Å². The van der Waals surface area contributed by atoms with Crippen molar-refractivity contribution in [2.75, 3.05) is 0 Å². The summed E-state index contributed by atoms with van der Waals surface area (Å²) in [5.74, 6) is 1.24. The van der Waals surface area contributed by atoms with Crippen molar-refractivity contribution in [2.45, 2.75) is 44.9 Å². The van der Waals surface area contributed by atoms with Crippen molar-refractivity contribution in [2.24, 2.45) is 11.8 Å². The van der Waals surface area contributed by atoms with Gasteiger partial charge in [0.15, 0.2) is 0 Å². The zero-order valence-electron chi connectivity index (χ0n) is 18.5. The van der Waals surface area contributed by atoms with E-state index < -0.39 is 0 Å². The Hall–Kier alpha value is -3.38. The van der Waals surface area contributed by atoms with Gasteiger partial charge in [0.25, 0.3) is 0 Å². The van der Waals surface area contributed by atoms with E-state index in [1.165, 1.54) is 5.56 Å². The molecule has 3 aromatic rings. The lowest BCUT2D eigenvalue weighted by Gasteiger charge is -2.32. The van der Waals surface area contributed by atoms with E-state index in [1.54, 1.807) is 0 Å². The third-order valence-electron chi connectivity index (χ3n) is 6.61. The second-order valence-electron chi connectivity index (χ2n) is 8.67. The van der Waals surface area contributed by atoms with Crippen molar-refractivity contribution in [3.05, 3.63) is 90.0 Å². The van der Waals surface area contributed by atoms with E-state index in [9.17, 15) is 10.1 Å². The van der Waals surface area contributed by atoms with Gasteiger partial charge in [0.05, 0.1) is 11.6 Å². The minimum absolute atomic E-state index is 0.132. The van der Waals surface area contributed by atoms with Gasteiger partial charge >= 0.3 is 5.97 Å². The van der Waals surface area contributed by atoms with E-state index >= 15 is 0 Å². The van der Waals surface area contributed by atoms with Crippen LogP contribution in [-0.4, -0.2) is 5.97 Å². The fourth-order valence-electron chi connectivity index (χ4n) is 4.87. The van der Waals surface area contributed by atoms with Crippen LogP contribution in [0.3, 0.4) is 0 Å². The normalized spacial score (nSPS) is 20.3. The Balaban J connectivity index is 1.46. The molecule has 0 N–H and O–H groups in total. The Kier molecular flexibility index (Phi) is 7.02. The van der Waals surface area contributed by atoms with Crippen LogP contribution < -0.4 is 4.74 Å². The summed E-state index contributed by atoms with van der Waals surface area (Å²) in [6.07, 6.45) is 5.40. The average molecular weight is 424 g/mol. The first-order chi connectivity index (χ1) is 15.7. The first-order valence-corrected chi connectivity index (χ1v) is 11.6. The molecule has 1 saturated carbocycles. The summed E-state index contributed by atoms with van der Waals surface area (Å²) < 4.78 is 5.76. The second-order valence-corrected chi connectivity index (χ2v) is 8.67. The number of benzene rings is 3. The van der Waals surface area contributed by atoms with Crippen molar-refractivity contribution < 1.29 is 9.53 Å². The minimum atomic E-state index is -0.360. The highest BCUT2D eigenvalue weighted by atomic mass is 16.5. The van der Waals surface area contributed by atoms with Crippen molar-refractivity contribution in [3.8, 4) is 22.9 Å². The maximum Gasteiger partial charge on any atom is 0.343 e. The monoisotopic (exact) mass is 423 g/mol. The molecule has 1 fully saturated rings. The predicted molar refractivity (Wildman–Crippen MR) is 127 cm³/mol. The van der Waals surface area contributed by atoms with Crippen molar-refractivity contribution >= 4 is 5.97 Å². The summed E-state index contributed by atoms with van der Waals surface area (Å²) in [5.41, 5.74) is 3.65. The molecule has 4 rings (SSSR count). The zero-order valence-corrected chi connectivity index (χ0v) is 18.5. The summed E-state index contributed by atoms with van der Waals surface area (Å²) in [4.78, 5) is 12.8. The summed E-state index contributed by atoms with van der Waals surface area (Å²) in [6.45, 7) is 2.19. The van der Waals surface area contributed by atoms with Gasteiger partial charge in [-0.3, -0.25) is 0 Å². The Morgan fingerprint density at radius 1 is 0.969 bits per heavy atom. The largest absolute Gasteiger partial charge is 0.422 e. The highest BCUT2D eigenvalue weighted by Gasteiger charge is 2.30. The first kappa shape index (κ1) is 21.8. The molecule has 32 heavy (non-hydrogen) atoms. The topological polar surface area (TPSA) is 50.1 Å². The Bertz CT molecular complexity index is 1080. The van der Waals surface area contributed by atoms with E-state index in [4.69, 9.17) is 4.74 Å². The molecule has 0 saturated heterocycles. The molecule has 3 nitrogen and oxygen atoms in total. The predicted octanol–water partition coefficient (Wildman–Crippen LogP) is 7.40. The highest BCUT2D eigenvalue weighted by molar-refractivity contribution is 5.92. The van der Waals surface area contributed by atoms with E-state index in [2.05, 4.69) is 13.0 Å². The van der Waals surface area contributed by atoms with Gasteiger partial charge in [-0.15, -0.1) is 0 Å². The van der Waals surface area contributed by atoms with Crippen LogP contribution >= 0.6 is 0 Å². The molecule has 3 atom stereocenters. The third kappa shape index (κ3) is 4.92. The molecule has 162 valence electrons. The Labute approximate surface area is 190 Å². The van der Waals surface area contributed by atoms with E-state index in [1.807, 2.05) is 78.9 Å². The molecule has 0 radical (unpaired) electrons. The molecule has 3 heteroatoms. The average Bonchev–Trinajstić information content (AvgIpc) is 2.85. The number of para-hydroxylation sites is 1. The van der Waals surface area contributed by atoms with Gasteiger partial charge in [0.1, 0.15) is 5.75 Å². The number of carbonyl (C=O) groups excluding carboxylic acids is 1. The molecule has 3 unspecified atom stereocenters. The summed E-state index contributed by atoms with van der Waals surface area (Å²) >= 11 is 0. The maximum absolute atomic E-state index is 12.8. The molecule has 3 aromatic carbocycles. The van der Waals surface area contributed by atoms with Gasteiger partial charge in [-0.25, -0.2) is 4.79 Å². The van der Waals surface area contributed by atoms with Crippen LogP contribution in [0.4, 0.5) is 0 Å². The van der Waals surface area contributed by atoms with Crippen LogP contribution in [0.25, 0.3) is 11.1 Å². The summed E-state index contributed by atoms with van der Waals surface area (Å²) in [6, 6.07) is 27.8. The van der Waals surface area contributed by atoms with Gasteiger partial charge in [-0.2, -0.15) is 5.26 Å². The number of rotatable bonds is 6. The summed E-state index contributed by atoms with van der Waals surface area (Å²) in [5, 5.41) is 9.60. The van der Waals surface area contributed by atoms with Crippen LogP contribution in [0.15, 0.2) is 78.9 Å². The fourth-order valence-corrected chi connectivity index (χ4v) is 4.87. The SMILES string of the molecule is CCCC1CCC(c2ccc(C(=O)Oc3ccccc3-c3ccccc3)cc2)CC1C#N. The van der Waals surface area contributed by atoms with Crippen LogP contribution in [0.5, 0.6) is 5.75 Å². The van der Waals surface area contributed by atoms with Gasteiger partial charge in [0, 0.05) is 11.5 Å². The van der Waals surface area contributed by atoms with E-state index in [0.29, 0.717) is 23.1 Å². The molecule has 1 aliphatic carbocycles. The van der Waals surface area contributed by atoms with Crippen LogP contribution in [0, 0.1) is 23.2 Å². The molecule has 0 spiro atoms. The first-order valence-electron chi connectivity index (χ1n) is 11.6. The number of nitrogens with zero attached hydrogens (tertiary/aromatic N) is 1. The molecule has 0 heterocycles. The minimum Gasteiger partial charge on any atom is -0.422 e. The lowest BCUT2D eigenvalue weighted by atomic mass is 9.71. The molecular weight excluding hydrogens is 394 g/mol. The number of esters is 1. The van der Waals surface area contributed by atoms with Gasteiger partial charge in [-0.1, -0.05) is 74.0 Å². The number of nitriles is 1. The van der Waals surface area contributed by atoms with Crippen molar-refractivity contribution in [1.29, 1.82) is 5.26 Å². The van der Waals surface area contributed by atoms with Gasteiger partial charge < -0.3 is 4.74 Å². The third-order valence-corrected chi connectivity index (χ3v) is 6.61. The molecular formula is C29H29NO2. The van der Waals surface area contributed by atoms with E-state index in [0.717, 1.165) is 43.2 Å². The number of hydrogen-bond donors (Lipinski definition) is 0. The number of hydrogen-bond acceptors (Lipinski definition) is 3. The standard InChI is InChI=1S/C29H29NO2/c1-2-8-21-15-18-25(19-26(21)20-30)22-13-16-24(17-14-22)29(31)32-28-12-7-6-11-27(28)23-9-4-3-5-10-23/h3-7,9-14,16-17,21,25-26H,2,8,15,18-19H2,1H3. The Morgan fingerprint density at radius 2 is 1.69 bits per heavy atom. The molecule has 0 aliphatic heterocycles. The quantitative estimate of drug-likeness (QED) is 0.307. The maximum atomic E-state index is 12.8. The number of carbonyl (C=O) groups is 1. The highest BCUT2D eigenvalue weighted by Crippen LogP contribution is 2.41. The zero-order chi connectivity index (χ0) is 22.3. The molecule has 0 aromatic heterocycles. The van der Waals surface area contributed by atoms with Crippen molar-refractivity contribution in [3.63, 3.8) is 0 Å². The summed E-state index contributed by atoms with van der Waals surface area (Å²) in [7, 11) is 0. The lowest BCUT2D eigenvalue weighted by Crippen LogP contribution is -2.23. The van der Waals surface area contributed by atoms with E-state index in [-0.39, 0.29) is 11.9 Å².